The first kappa shape index (κ1) is 15.0. The van der Waals surface area contributed by atoms with E-state index < -0.39 is 11.7 Å². The van der Waals surface area contributed by atoms with E-state index in [1.165, 1.54) is 0 Å². The van der Waals surface area contributed by atoms with E-state index in [4.69, 9.17) is 4.74 Å². The van der Waals surface area contributed by atoms with Crippen LogP contribution in [0.4, 0.5) is 0 Å². The Kier molecular flexibility index (Phi) is 4.77. The van der Waals surface area contributed by atoms with E-state index >= 15 is 0 Å². The second kappa shape index (κ2) is 5.72. The highest BCUT2D eigenvalue weighted by Gasteiger charge is 2.52. The molecule has 102 valence electrons. The molecule has 0 aliphatic heterocycles. The zero-order valence-electron chi connectivity index (χ0n) is 11.7. The molecule has 0 fully saturated rings. The summed E-state index contributed by atoms with van der Waals surface area (Å²) in [5.74, 6) is 0.498. The monoisotopic (exact) mass is 252 g/mol. The largest absolute Gasteiger partial charge is 0.492 e. The Morgan fingerprint density at radius 3 is 2.56 bits per heavy atom. The van der Waals surface area contributed by atoms with E-state index in [1.807, 2.05) is 33.8 Å². The normalized spacial score (nSPS) is 26.9. The number of hydrogen-bond acceptors (Lipinski definition) is 3. The van der Waals surface area contributed by atoms with Crippen LogP contribution in [0.15, 0.2) is 35.6 Å². The molecule has 18 heavy (non-hydrogen) atoms. The SMILES string of the molecule is C=CCCC1(O)C(C=C(C)C)=C(OC(C)C)C1O. The Hall–Kier alpha value is -1.06. The summed E-state index contributed by atoms with van der Waals surface area (Å²) in [6.45, 7) is 11.4. The standard InChI is InChI=1S/C15H24O3/c1-6-7-8-15(17)12(9-10(2)3)13(14(15)16)18-11(4)5/h6,9,11,14,16-17H,1,7-8H2,2-5H3. The van der Waals surface area contributed by atoms with E-state index in [-0.39, 0.29) is 6.10 Å². The van der Waals surface area contributed by atoms with Crippen molar-refractivity contribution in [3.63, 3.8) is 0 Å². The number of hydrogen-bond donors (Lipinski definition) is 2. The molecule has 2 atom stereocenters. The van der Waals surface area contributed by atoms with Crippen LogP contribution < -0.4 is 0 Å². The number of rotatable bonds is 6. The molecule has 0 saturated carbocycles. The number of ether oxygens (including phenoxy) is 1. The van der Waals surface area contributed by atoms with Crippen molar-refractivity contribution in [3.05, 3.63) is 35.6 Å². The van der Waals surface area contributed by atoms with E-state index in [2.05, 4.69) is 6.58 Å². The fraction of sp³-hybridized carbons (Fsp3) is 0.600. The van der Waals surface area contributed by atoms with Gasteiger partial charge in [-0.1, -0.05) is 17.7 Å². The van der Waals surface area contributed by atoms with Crippen molar-refractivity contribution in [1.82, 2.24) is 0 Å². The minimum Gasteiger partial charge on any atom is -0.492 e. The first-order valence-electron chi connectivity index (χ1n) is 6.40. The van der Waals surface area contributed by atoms with Crippen LogP contribution in [0, 0.1) is 0 Å². The molecular formula is C15H24O3. The van der Waals surface area contributed by atoms with Gasteiger partial charge in [-0.25, -0.2) is 0 Å². The van der Waals surface area contributed by atoms with Crippen molar-refractivity contribution in [2.75, 3.05) is 0 Å². The fourth-order valence-electron chi connectivity index (χ4n) is 2.11. The summed E-state index contributed by atoms with van der Waals surface area (Å²) in [5, 5.41) is 20.6. The van der Waals surface area contributed by atoms with Crippen molar-refractivity contribution < 1.29 is 14.9 Å². The van der Waals surface area contributed by atoms with Crippen LogP contribution in [0.25, 0.3) is 0 Å². The average molecular weight is 252 g/mol. The minimum atomic E-state index is -1.20. The van der Waals surface area contributed by atoms with Gasteiger partial charge >= 0.3 is 0 Å². The van der Waals surface area contributed by atoms with E-state index in [9.17, 15) is 10.2 Å². The van der Waals surface area contributed by atoms with Gasteiger partial charge in [0.1, 0.15) is 17.5 Å². The van der Waals surface area contributed by atoms with Gasteiger partial charge < -0.3 is 14.9 Å². The molecular weight excluding hydrogens is 228 g/mol. The highest BCUT2D eigenvalue weighted by Crippen LogP contribution is 2.44. The second-order valence-corrected chi connectivity index (χ2v) is 5.32. The van der Waals surface area contributed by atoms with Crippen molar-refractivity contribution in [2.45, 2.75) is 58.3 Å². The molecule has 1 rings (SSSR count). The third-order valence-corrected chi connectivity index (χ3v) is 2.96. The molecule has 0 saturated heterocycles. The molecule has 2 unspecified atom stereocenters. The van der Waals surface area contributed by atoms with Gasteiger partial charge in [-0.05, 0) is 40.5 Å². The topological polar surface area (TPSA) is 49.7 Å². The van der Waals surface area contributed by atoms with Crippen LogP contribution in [0.1, 0.15) is 40.5 Å². The zero-order valence-corrected chi connectivity index (χ0v) is 11.7. The fourth-order valence-corrected chi connectivity index (χ4v) is 2.11. The number of aliphatic hydroxyl groups excluding tert-OH is 1. The zero-order chi connectivity index (χ0) is 13.9. The number of aliphatic hydroxyl groups is 2. The molecule has 1 aliphatic carbocycles. The Balaban J connectivity index is 3.04. The van der Waals surface area contributed by atoms with Crippen LogP contribution in [-0.2, 0) is 4.74 Å². The Bertz CT molecular complexity index is 375. The Labute approximate surface area is 109 Å². The lowest BCUT2D eigenvalue weighted by atomic mass is 9.71. The summed E-state index contributed by atoms with van der Waals surface area (Å²) in [7, 11) is 0. The summed E-state index contributed by atoms with van der Waals surface area (Å²) in [6.07, 6.45) is 3.79. The van der Waals surface area contributed by atoms with Crippen LogP contribution in [0.3, 0.4) is 0 Å². The smallest absolute Gasteiger partial charge is 0.144 e. The van der Waals surface area contributed by atoms with Gasteiger partial charge in [0.25, 0.3) is 0 Å². The lowest BCUT2D eigenvalue weighted by Gasteiger charge is -2.45. The summed E-state index contributed by atoms with van der Waals surface area (Å²) >= 11 is 0. The van der Waals surface area contributed by atoms with Crippen molar-refractivity contribution >= 4 is 0 Å². The molecule has 1 aliphatic rings. The first-order chi connectivity index (χ1) is 8.32. The quantitative estimate of drug-likeness (QED) is 0.715. The van der Waals surface area contributed by atoms with Gasteiger partial charge in [0, 0.05) is 5.57 Å². The van der Waals surface area contributed by atoms with Gasteiger partial charge in [0.15, 0.2) is 0 Å². The van der Waals surface area contributed by atoms with Gasteiger partial charge in [-0.2, -0.15) is 0 Å². The summed E-state index contributed by atoms with van der Waals surface area (Å²) in [6, 6.07) is 0. The lowest BCUT2D eigenvalue weighted by molar-refractivity contribution is -0.100. The maximum Gasteiger partial charge on any atom is 0.144 e. The van der Waals surface area contributed by atoms with Crippen molar-refractivity contribution in [3.8, 4) is 0 Å². The molecule has 0 amide bonds. The molecule has 2 N–H and O–H groups in total. The molecule has 0 radical (unpaired) electrons. The third kappa shape index (κ3) is 2.85. The molecule has 0 spiro atoms. The molecule has 0 heterocycles. The van der Waals surface area contributed by atoms with Gasteiger partial charge in [0.2, 0.25) is 0 Å². The second-order valence-electron chi connectivity index (χ2n) is 5.32. The van der Waals surface area contributed by atoms with Crippen molar-refractivity contribution in [1.29, 1.82) is 0 Å². The third-order valence-electron chi connectivity index (χ3n) is 2.96. The molecule has 0 aromatic rings. The molecule has 0 aromatic heterocycles. The van der Waals surface area contributed by atoms with Crippen LogP contribution in [0.2, 0.25) is 0 Å². The summed E-state index contributed by atoms with van der Waals surface area (Å²) < 4.78 is 5.59. The van der Waals surface area contributed by atoms with E-state index in [1.54, 1.807) is 6.08 Å². The first-order valence-corrected chi connectivity index (χ1v) is 6.40. The highest BCUT2D eigenvalue weighted by molar-refractivity contribution is 5.47. The van der Waals surface area contributed by atoms with Crippen LogP contribution >= 0.6 is 0 Å². The minimum absolute atomic E-state index is 0.0147. The van der Waals surface area contributed by atoms with Gasteiger partial charge in [-0.3, -0.25) is 0 Å². The Morgan fingerprint density at radius 2 is 2.11 bits per heavy atom. The van der Waals surface area contributed by atoms with Gasteiger partial charge in [0.05, 0.1) is 6.10 Å². The maximum atomic E-state index is 10.5. The summed E-state index contributed by atoms with van der Waals surface area (Å²) in [5.41, 5.74) is 0.569. The maximum absolute atomic E-state index is 10.5. The predicted octanol–water partition coefficient (Wildman–Crippen LogP) is 2.70. The number of allylic oxidation sites excluding steroid dienone is 2. The van der Waals surface area contributed by atoms with Crippen LogP contribution in [-0.4, -0.2) is 28.0 Å². The molecule has 3 heteroatoms. The lowest BCUT2D eigenvalue weighted by Crippen LogP contribution is -2.55. The molecule has 0 bridgehead atoms. The summed E-state index contributed by atoms with van der Waals surface area (Å²) in [4.78, 5) is 0. The predicted molar refractivity (Wildman–Crippen MR) is 73.1 cm³/mol. The van der Waals surface area contributed by atoms with E-state index in [0.717, 1.165) is 5.57 Å². The average Bonchev–Trinajstić information content (AvgIpc) is 2.29. The van der Waals surface area contributed by atoms with Crippen molar-refractivity contribution in [2.24, 2.45) is 0 Å². The van der Waals surface area contributed by atoms with E-state index in [0.29, 0.717) is 24.2 Å². The van der Waals surface area contributed by atoms with Crippen LogP contribution in [0.5, 0.6) is 0 Å². The molecule has 0 aromatic carbocycles. The van der Waals surface area contributed by atoms with Gasteiger partial charge in [-0.15, -0.1) is 6.58 Å². The highest BCUT2D eigenvalue weighted by atomic mass is 16.5. The molecule has 3 nitrogen and oxygen atoms in total. The Morgan fingerprint density at radius 1 is 1.50 bits per heavy atom.